The van der Waals surface area contributed by atoms with Crippen LogP contribution in [0.15, 0.2) is 24.5 Å². The molecule has 0 aliphatic carbocycles. The fourth-order valence-corrected chi connectivity index (χ4v) is 2.50. The molecule has 0 radical (unpaired) electrons. The van der Waals surface area contributed by atoms with Crippen LogP contribution >= 0.6 is 0 Å². The Balaban J connectivity index is 2.58. The summed E-state index contributed by atoms with van der Waals surface area (Å²) in [6, 6.07) is 3.56. The van der Waals surface area contributed by atoms with Crippen LogP contribution in [0.4, 0.5) is 0 Å². The third-order valence-electron chi connectivity index (χ3n) is 2.85. The highest BCUT2D eigenvalue weighted by molar-refractivity contribution is 7.88. The van der Waals surface area contributed by atoms with Gasteiger partial charge in [0.15, 0.2) is 0 Å². The number of sulfonamides is 1. The molecule has 0 fully saturated rings. The highest BCUT2D eigenvalue weighted by Crippen LogP contribution is 2.08. The van der Waals surface area contributed by atoms with Gasteiger partial charge < -0.3 is 5.32 Å². The first-order valence-electron chi connectivity index (χ1n) is 6.89. The first-order valence-corrected chi connectivity index (χ1v) is 8.74. The Labute approximate surface area is 126 Å². The molecular formula is C14H23N3O3S. The van der Waals surface area contributed by atoms with Crippen molar-refractivity contribution in [1.29, 1.82) is 0 Å². The Morgan fingerprint density at radius 3 is 2.67 bits per heavy atom. The number of pyridine rings is 1. The molecule has 0 aromatic carbocycles. The number of nitrogens with zero attached hydrogens (tertiary/aromatic N) is 2. The summed E-state index contributed by atoms with van der Waals surface area (Å²) in [5.74, 6) is 0.235. The number of hydrogen-bond donors (Lipinski definition) is 1. The van der Waals surface area contributed by atoms with E-state index in [0.29, 0.717) is 12.5 Å². The van der Waals surface area contributed by atoms with E-state index in [-0.39, 0.29) is 25.4 Å². The van der Waals surface area contributed by atoms with Gasteiger partial charge in [-0.1, -0.05) is 19.9 Å². The summed E-state index contributed by atoms with van der Waals surface area (Å²) in [5.41, 5.74) is 0.797. The summed E-state index contributed by atoms with van der Waals surface area (Å²) < 4.78 is 24.9. The van der Waals surface area contributed by atoms with Crippen LogP contribution in [0.3, 0.4) is 0 Å². The molecule has 1 amide bonds. The number of hydrogen-bond acceptors (Lipinski definition) is 4. The molecule has 118 valence electrons. The van der Waals surface area contributed by atoms with Gasteiger partial charge in [0.2, 0.25) is 15.9 Å². The lowest BCUT2D eigenvalue weighted by Crippen LogP contribution is -2.35. The molecule has 21 heavy (non-hydrogen) atoms. The lowest BCUT2D eigenvalue weighted by atomic mass is 10.2. The highest BCUT2D eigenvalue weighted by Gasteiger charge is 2.18. The van der Waals surface area contributed by atoms with E-state index in [1.54, 1.807) is 18.5 Å². The minimum absolute atomic E-state index is 0.136. The van der Waals surface area contributed by atoms with Crippen LogP contribution in [-0.4, -0.2) is 43.0 Å². The Morgan fingerprint density at radius 2 is 2.14 bits per heavy atom. The minimum atomic E-state index is -3.36. The molecule has 6 nitrogen and oxygen atoms in total. The van der Waals surface area contributed by atoms with Gasteiger partial charge in [0.25, 0.3) is 0 Å². The molecule has 0 aliphatic rings. The zero-order valence-electron chi connectivity index (χ0n) is 12.7. The van der Waals surface area contributed by atoms with Gasteiger partial charge in [-0.25, -0.2) is 8.42 Å². The Morgan fingerprint density at radius 1 is 1.43 bits per heavy atom. The lowest BCUT2D eigenvalue weighted by molar-refractivity contribution is -0.121. The van der Waals surface area contributed by atoms with Crippen LogP contribution in [0.25, 0.3) is 0 Å². The molecule has 1 rings (SSSR count). The van der Waals surface area contributed by atoms with Gasteiger partial charge >= 0.3 is 0 Å². The van der Waals surface area contributed by atoms with E-state index < -0.39 is 10.0 Å². The van der Waals surface area contributed by atoms with Crippen molar-refractivity contribution in [3.63, 3.8) is 0 Å². The average Bonchev–Trinajstić information content (AvgIpc) is 2.41. The summed E-state index contributed by atoms with van der Waals surface area (Å²) in [5, 5.41) is 2.78. The van der Waals surface area contributed by atoms with Crippen LogP contribution in [-0.2, 0) is 21.4 Å². The van der Waals surface area contributed by atoms with Crippen LogP contribution in [0.2, 0.25) is 0 Å². The maximum atomic E-state index is 11.8. The van der Waals surface area contributed by atoms with Crippen LogP contribution in [0.1, 0.15) is 25.8 Å². The van der Waals surface area contributed by atoms with Gasteiger partial charge in [-0.3, -0.25) is 9.78 Å². The van der Waals surface area contributed by atoms with Gasteiger partial charge in [-0.2, -0.15) is 4.31 Å². The molecule has 0 aliphatic heterocycles. The van der Waals surface area contributed by atoms with E-state index in [2.05, 4.69) is 10.3 Å². The van der Waals surface area contributed by atoms with Crippen molar-refractivity contribution in [1.82, 2.24) is 14.6 Å². The Bertz CT molecular complexity index is 544. The molecule has 0 unspecified atom stereocenters. The third kappa shape index (κ3) is 7.19. The second kappa shape index (κ2) is 8.09. The van der Waals surface area contributed by atoms with Crippen molar-refractivity contribution in [2.24, 2.45) is 5.92 Å². The predicted molar refractivity (Wildman–Crippen MR) is 82.0 cm³/mol. The maximum Gasteiger partial charge on any atom is 0.221 e. The molecule has 0 atom stereocenters. The molecule has 7 heteroatoms. The SMILES string of the molecule is CC(C)CNC(=O)CCN(Cc1cccnc1)S(C)(=O)=O. The molecule has 1 heterocycles. The van der Waals surface area contributed by atoms with Gasteiger partial charge in [0, 0.05) is 38.4 Å². The molecule has 1 aromatic heterocycles. The lowest BCUT2D eigenvalue weighted by Gasteiger charge is -2.19. The zero-order chi connectivity index (χ0) is 15.9. The molecular weight excluding hydrogens is 290 g/mol. The highest BCUT2D eigenvalue weighted by atomic mass is 32.2. The quantitative estimate of drug-likeness (QED) is 0.776. The first kappa shape index (κ1) is 17.6. The monoisotopic (exact) mass is 313 g/mol. The molecule has 0 spiro atoms. The summed E-state index contributed by atoms with van der Waals surface area (Å²) in [4.78, 5) is 15.6. The molecule has 1 aromatic rings. The summed E-state index contributed by atoms with van der Waals surface area (Å²) in [6.07, 6.45) is 4.56. The summed E-state index contributed by atoms with van der Waals surface area (Å²) in [7, 11) is -3.36. The van der Waals surface area contributed by atoms with E-state index in [1.807, 2.05) is 19.9 Å². The normalized spacial score (nSPS) is 11.9. The Hall–Kier alpha value is -1.47. The van der Waals surface area contributed by atoms with E-state index in [4.69, 9.17) is 0 Å². The topological polar surface area (TPSA) is 79.4 Å². The second-order valence-corrected chi connectivity index (χ2v) is 7.39. The Kier molecular flexibility index (Phi) is 6.77. The number of aromatic nitrogens is 1. The fourth-order valence-electron chi connectivity index (χ4n) is 1.69. The van der Waals surface area contributed by atoms with E-state index in [9.17, 15) is 13.2 Å². The smallest absolute Gasteiger partial charge is 0.221 e. The third-order valence-corrected chi connectivity index (χ3v) is 4.10. The standard InChI is InChI=1S/C14H23N3O3S/c1-12(2)9-16-14(18)6-8-17(21(3,19)20)11-13-5-4-7-15-10-13/h4-5,7,10,12H,6,8-9,11H2,1-3H3,(H,16,18). The predicted octanol–water partition coefficient (Wildman–Crippen LogP) is 1.01. The van der Waals surface area contributed by atoms with Crippen molar-refractivity contribution in [3.05, 3.63) is 30.1 Å². The van der Waals surface area contributed by atoms with Crippen LogP contribution < -0.4 is 5.32 Å². The molecule has 0 saturated carbocycles. The largest absolute Gasteiger partial charge is 0.356 e. The van der Waals surface area contributed by atoms with Gasteiger partial charge in [0.1, 0.15) is 0 Å². The first-order chi connectivity index (χ1) is 9.79. The average molecular weight is 313 g/mol. The zero-order valence-corrected chi connectivity index (χ0v) is 13.6. The number of rotatable bonds is 8. The van der Waals surface area contributed by atoms with E-state index in [0.717, 1.165) is 11.8 Å². The minimum Gasteiger partial charge on any atom is -0.356 e. The van der Waals surface area contributed by atoms with Gasteiger partial charge in [-0.15, -0.1) is 0 Å². The molecule has 1 N–H and O–H groups in total. The molecule has 0 saturated heterocycles. The summed E-state index contributed by atoms with van der Waals surface area (Å²) >= 11 is 0. The van der Waals surface area contributed by atoms with Gasteiger partial charge in [-0.05, 0) is 17.5 Å². The van der Waals surface area contributed by atoms with Gasteiger partial charge in [0.05, 0.1) is 6.26 Å². The van der Waals surface area contributed by atoms with E-state index >= 15 is 0 Å². The fraction of sp³-hybridized carbons (Fsp3) is 0.571. The maximum absolute atomic E-state index is 11.8. The van der Waals surface area contributed by atoms with Crippen molar-refractivity contribution >= 4 is 15.9 Å². The molecule has 0 bridgehead atoms. The van der Waals surface area contributed by atoms with E-state index in [1.165, 1.54) is 4.31 Å². The van der Waals surface area contributed by atoms with Crippen LogP contribution in [0, 0.1) is 5.92 Å². The number of carbonyl (C=O) groups excluding carboxylic acids is 1. The number of nitrogens with one attached hydrogen (secondary N) is 1. The van der Waals surface area contributed by atoms with Crippen LogP contribution in [0.5, 0.6) is 0 Å². The number of amides is 1. The summed E-state index contributed by atoms with van der Waals surface area (Å²) in [6.45, 7) is 5.00. The number of carbonyl (C=O) groups is 1. The van der Waals surface area contributed by atoms with Crippen molar-refractivity contribution in [2.75, 3.05) is 19.3 Å². The van der Waals surface area contributed by atoms with Crippen molar-refractivity contribution in [3.8, 4) is 0 Å². The van der Waals surface area contributed by atoms with Crippen molar-refractivity contribution in [2.45, 2.75) is 26.8 Å². The van der Waals surface area contributed by atoms with Crippen molar-refractivity contribution < 1.29 is 13.2 Å². The second-order valence-electron chi connectivity index (χ2n) is 5.41.